The van der Waals surface area contributed by atoms with Crippen molar-refractivity contribution in [2.24, 2.45) is 10.7 Å². The number of hydrogen-bond acceptors (Lipinski definition) is 3. The average Bonchev–Trinajstić information content (AvgIpc) is 2.69. The second-order valence-corrected chi connectivity index (χ2v) is 6.01. The summed E-state index contributed by atoms with van der Waals surface area (Å²) < 4.78 is 11.1. The number of rotatable bonds is 6. The maximum atomic E-state index is 6.03. The number of aliphatic imine (C=N–C) groups is 1. The molecule has 0 atom stereocenters. The molecule has 0 radical (unpaired) electrons. The van der Waals surface area contributed by atoms with Gasteiger partial charge in [-0.15, -0.1) is 0 Å². The lowest BCUT2D eigenvalue weighted by Gasteiger charge is -2.27. The molecular formula is C20H25N3O2. The molecule has 25 heavy (non-hydrogen) atoms. The maximum Gasteiger partial charge on any atom is 0.191 e. The summed E-state index contributed by atoms with van der Waals surface area (Å²) in [4.78, 5) is 6.55. The molecule has 3 rings (SSSR count). The number of benzene rings is 2. The Morgan fingerprint density at radius 3 is 2.44 bits per heavy atom. The monoisotopic (exact) mass is 339 g/mol. The number of guanidine groups is 1. The van der Waals surface area contributed by atoms with Gasteiger partial charge >= 0.3 is 0 Å². The van der Waals surface area contributed by atoms with Crippen LogP contribution in [0.2, 0.25) is 0 Å². The van der Waals surface area contributed by atoms with E-state index in [0.717, 1.165) is 38.5 Å². The first kappa shape index (κ1) is 17.3. The molecule has 0 unspecified atom stereocenters. The van der Waals surface area contributed by atoms with Crippen LogP contribution in [0.3, 0.4) is 0 Å². The molecule has 1 aliphatic heterocycles. The molecule has 2 aromatic rings. The molecule has 0 bridgehead atoms. The summed E-state index contributed by atoms with van der Waals surface area (Å²) in [5.74, 6) is 1.50. The zero-order valence-electron chi connectivity index (χ0n) is 14.4. The molecule has 2 aromatic carbocycles. The van der Waals surface area contributed by atoms with Crippen molar-refractivity contribution in [3.8, 4) is 5.75 Å². The normalized spacial score (nSPS) is 15.2. The van der Waals surface area contributed by atoms with Crippen LogP contribution in [0.25, 0.3) is 0 Å². The third-order valence-corrected chi connectivity index (χ3v) is 4.18. The zero-order valence-corrected chi connectivity index (χ0v) is 14.4. The molecule has 132 valence electrons. The third kappa shape index (κ3) is 5.50. The van der Waals surface area contributed by atoms with E-state index in [2.05, 4.69) is 34.2 Å². The van der Waals surface area contributed by atoms with Crippen LogP contribution >= 0.6 is 0 Å². The highest BCUT2D eigenvalue weighted by Gasteiger charge is 2.11. The first-order valence-electron chi connectivity index (χ1n) is 8.69. The summed E-state index contributed by atoms with van der Waals surface area (Å²) in [6, 6.07) is 18.3. The van der Waals surface area contributed by atoms with Crippen LogP contribution < -0.4 is 10.5 Å². The number of hydrogen-bond donors (Lipinski definition) is 1. The van der Waals surface area contributed by atoms with Gasteiger partial charge in [-0.1, -0.05) is 42.5 Å². The van der Waals surface area contributed by atoms with Crippen molar-refractivity contribution in [1.29, 1.82) is 0 Å². The van der Waals surface area contributed by atoms with Crippen molar-refractivity contribution in [3.05, 3.63) is 65.7 Å². The number of nitrogens with two attached hydrogens (primary N) is 1. The minimum Gasteiger partial charge on any atom is -0.489 e. The van der Waals surface area contributed by atoms with Crippen LogP contribution in [0.4, 0.5) is 0 Å². The van der Waals surface area contributed by atoms with E-state index in [-0.39, 0.29) is 0 Å². The average molecular weight is 339 g/mol. The molecule has 5 nitrogen and oxygen atoms in total. The van der Waals surface area contributed by atoms with Gasteiger partial charge in [0, 0.05) is 19.6 Å². The Kier molecular flexibility index (Phi) is 6.29. The number of ether oxygens (including phenoxy) is 2. The highest BCUT2D eigenvalue weighted by molar-refractivity contribution is 5.78. The fourth-order valence-electron chi connectivity index (χ4n) is 2.69. The Morgan fingerprint density at radius 2 is 1.72 bits per heavy atom. The topological polar surface area (TPSA) is 60.1 Å². The first-order chi connectivity index (χ1) is 12.3. The zero-order chi connectivity index (χ0) is 17.3. The minimum absolute atomic E-state index is 0.584. The van der Waals surface area contributed by atoms with E-state index in [1.54, 1.807) is 0 Å². The molecule has 0 amide bonds. The van der Waals surface area contributed by atoms with Crippen LogP contribution in [0, 0.1) is 0 Å². The van der Waals surface area contributed by atoms with E-state index < -0.39 is 0 Å². The van der Waals surface area contributed by atoms with Gasteiger partial charge < -0.3 is 20.1 Å². The predicted octanol–water partition coefficient (Wildman–Crippen LogP) is 2.46. The van der Waals surface area contributed by atoms with Gasteiger partial charge in [0.1, 0.15) is 12.4 Å². The highest BCUT2D eigenvalue weighted by Crippen LogP contribution is 2.14. The highest BCUT2D eigenvalue weighted by atomic mass is 16.5. The second-order valence-electron chi connectivity index (χ2n) is 6.01. The van der Waals surface area contributed by atoms with Crippen LogP contribution in [0.5, 0.6) is 5.75 Å². The van der Waals surface area contributed by atoms with Gasteiger partial charge in [0.05, 0.1) is 13.2 Å². The molecule has 1 saturated heterocycles. The Bertz CT molecular complexity index is 665. The molecule has 1 fully saturated rings. The molecule has 0 aliphatic carbocycles. The molecule has 1 aliphatic rings. The summed E-state index contributed by atoms with van der Waals surface area (Å²) in [6.45, 7) is 4.36. The first-order valence-corrected chi connectivity index (χ1v) is 8.69. The molecule has 2 N–H and O–H groups in total. The lowest BCUT2D eigenvalue weighted by molar-refractivity contribution is 0.0674. The summed E-state index contributed by atoms with van der Waals surface area (Å²) in [6.07, 6.45) is 0.865. The molecular weight excluding hydrogens is 314 g/mol. The smallest absolute Gasteiger partial charge is 0.191 e. The Hall–Kier alpha value is -2.53. The lowest BCUT2D eigenvalue weighted by atomic mass is 10.1. The quantitative estimate of drug-likeness (QED) is 0.649. The Morgan fingerprint density at radius 1 is 1.00 bits per heavy atom. The molecule has 0 saturated carbocycles. The van der Waals surface area contributed by atoms with Gasteiger partial charge in [0.15, 0.2) is 5.96 Å². The standard InChI is InChI=1S/C20H25N3O2/c21-20(23-12-14-24-15-13-23)22-11-10-17-6-8-19(9-7-17)25-16-18-4-2-1-3-5-18/h1-9H,10-16H2,(H2,21,22). The summed E-state index contributed by atoms with van der Waals surface area (Å²) in [5.41, 5.74) is 8.43. The van der Waals surface area contributed by atoms with E-state index in [9.17, 15) is 0 Å². The van der Waals surface area contributed by atoms with Gasteiger partial charge in [-0.2, -0.15) is 0 Å². The number of morpholine rings is 1. The van der Waals surface area contributed by atoms with Crippen molar-refractivity contribution in [2.75, 3.05) is 32.8 Å². The SMILES string of the molecule is NC(=NCCc1ccc(OCc2ccccc2)cc1)N1CCOCC1. The van der Waals surface area contributed by atoms with Gasteiger partial charge in [-0.05, 0) is 29.7 Å². The Balaban J connectivity index is 1.44. The van der Waals surface area contributed by atoms with E-state index in [0.29, 0.717) is 19.1 Å². The van der Waals surface area contributed by atoms with Crippen LogP contribution in [0.1, 0.15) is 11.1 Å². The number of nitrogens with zero attached hydrogens (tertiary/aromatic N) is 2. The van der Waals surface area contributed by atoms with E-state index >= 15 is 0 Å². The third-order valence-electron chi connectivity index (χ3n) is 4.18. The van der Waals surface area contributed by atoms with E-state index in [4.69, 9.17) is 15.2 Å². The molecule has 0 aromatic heterocycles. The minimum atomic E-state index is 0.584. The maximum absolute atomic E-state index is 6.03. The van der Waals surface area contributed by atoms with Gasteiger partial charge in [0.25, 0.3) is 0 Å². The lowest BCUT2D eigenvalue weighted by Crippen LogP contribution is -2.44. The van der Waals surface area contributed by atoms with Crippen molar-refractivity contribution < 1.29 is 9.47 Å². The second kappa shape index (κ2) is 9.08. The van der Waals surface area contributed by atoms with Crippen LogP contribution in [-0.4, -0.2) is 43.7 Å². The van der Waals surface area contributed by atoms with Crippen LogP contribution in [-0.2, 0) is 17.8 Å². The molecule has 0 spiro atoms. The molecule has 5 heteroatoms. The van der Waals surface area contributed by atoms with Crippen LogP contribution in [0.15, 0.2) is 59.6 Å². The molecule has 1 heterocycles. The van der Waals surface area contributed by atoms with Crippen molar-refractivity contribution in [1.82, 2.24) is 4.90 Å². The summed E-state index contributed by atoms with van der Waals surface area (Å²) in [5, 5.41) is 0. The van der Waals surface area contributed by atoms with Gasteiger partial charge in [0.2, 0.25) is 0 Å². The predicted molar refractivity (Wildman–Crippen MR) is 99.8 cm³/mol. The largest absolute Gasteiger partial charge is 0.489 e. The Labute approximate surface area is 149 Å². The summed E-state index contributed by atoms with van der Waals surface area (Å²) >= 11 is 0. The van der Waals surface area contributed by atoms with E-state index in [1.165, 1.54) is 11.1 Å². The summed E-state index contributed by atoms with van der Waals surface area (Å²) in [7, 11) is 0. The van der Waals surface area contributed by atoms with Gasteiger partial charge in [-0.3, -0.25) is 4.99 Å². The van der Waals surface area contributed by atoms with Crippen molar-refractivity contribution in [2.45, 2.75) is 13.0 Å². The van der Waals surface area contributed by atoms with Gasteiger partial charge in [-0.25, -0.2) is 0 Å². The fourth-order valence-corrected chi connectivity index (χ4v) is 2.69. The fraction of sp³-hybridized carbons (Fsp3) is 0.350. The van der Waals surface area contributed by atoms with Crippen molar-refractivity contribution in [3.63, 3.8) is 0 Å². The van der Waals surface area contributed by atoms with E-state index in [1.807, 2.05) is 30.3 Å². The van der Waals surface area contributed by atoms with Crippen molar-refractivity contribution >= 4 is 5.96 Å².